The predicted octanol–water partition coefficient (Wildman–Crippen LogP) is 2.16. The van der Waals surface area contributed by atoms with Crippen molar-refractivity contribution in [1.29, 1.82) is 0 Å². The van der Waals surface area contributed by atoms with Crippen molar-refractivity contribution in [3.05, 3.63) is 29.8 Å². The highest BCUT2D eigenvalue weighted by Crippen LogP contribution is 2.20. The molecule has 1 heterocycles. The van der Waals surface area contributed by atoms with Crippen LogP contribution >= 0.6 is 24.0 Å². The van der Waals surface area contributed by atoms with Gasteiger partial charge in [0.1, 0.15) is 5.75 Å². The minimum absolute atomic E-state index is 0. The van der Waals surface area contributed by atoms with Crippen LogP contribution in [-0.4, -0.2) is 56.6 Å². The van der Waals surface area contributed by atoms with Crippen LogP contribution in [0, 0.1) is 5.92 Å². The van der Waals surface area contributed by atoms with E-state index in [1.54, 1.807) is 25.2 Å². The monoisotopic (exact) mass is 525 g/mol. The molecule has 10 heteroatoms. The number of amides is 1. The lowest BCUT2D eigenvalue weighted by molar-refractivity contribution is -0.123. The van der Waals surface area contributed by atoms with Crippen molar-refractivity contribution in [3.63, 3.8) is 0 Å². The van der Waals surface area contributed by atoms with Crippen molar-refractivity contribution in [2.45, 2.75) is 32.4 Å². The zero-order valence-electron chi connectivity index (χ0n) is 16.6. The Morgan fingerprint density at radius 3 is 2.83 bits per heavy atom. The maximum Gasteiger partial charge on any atom is 0.387 e. The number of primary amides is 1. The number of benzene rings is 1. The number of likely N-dealkylation sites (tertiary alicyclic amines) is 1. The number of alkyl halides is 2. The largest absolute Gasteiger partial charge is 0.434 e. The van der Waals surface area contributed by atoms with Crippen LogP contribution < -0.4 is 21.1 Å². The molecule has 1 atom stereocenters. The number of halogens is 3. The summed E-state index contributed by atoms with van der Waals surface area (Å²) >= 11 is 0. The second-order valence-corrected chi connectivity index (χ2v) is 6.73. The Kier molecular flexibility index (Phi) is 11.8. The molecule has 1 aromatic rings. The molecule has 1 aliphatic heterocycles. The predicted molar refractivity (Wildman–Crippen MR) is 120 cm³/mol. The van der Waals surface area contributed by atoms with E-state index in [1.165, 1.54) is 6.07 Å². The molecular formula is C19H30F2IN5O2. The molecule has 0 aromatic heterocycles. The molecule has 1 aromatic carbocycles. The molecule has 0 saturated carbocycles. The molecule has 0 radical (unpaired) electrons. The summed E-state index contributed by atoms with van der Waals surface area (Å²) in [5, 5.41) is 6.30. The number of guanidine groups is 1. The molecule has 1 fully saturated rings. The van der Waals surface area contributed by atoms with Crippen molar-refractivity contribution in [3.8, 4) is 5.75 Å². The van der Waals surface area contributed by atoms with Gasteiger partial charge >= 0.3 is 6.61 Å². The lowest BCUT2D eigenvalue weighted by Gasteiger charge is -2.31. The molecule has 2 rings (SSSR count). The van der Waals surface area contributed by atoms with E-state index in [2.05, 4.69) is 25.3 Å². The highest BCUT2D eigenvalue weighted by Gasteiger charge is 2.23. The molecule has 7 nitrogen and oxygen atoms in total. The normalized spacial score (nSPS) is 17.5. The minimum Gasteiger partial charge on any atom is -0.434 e. The number of hydrogen-bond acceptors (Lipinski definition) is 4. The van der Waals surface area contributed by atoms with Gasteiger partial charge in [-0.25, -0.2) is 0 Å². The van der Waals surface area contributed by atoms with Gasteiger partial charge in [-0.15, -0.1) is 24.0 Å². The van der Waals surface area contributed by atoms with E-state index in [0.29, 0.717) is 24.6 Å². The van der Waals surface area contributed by atoms with Gasteiger partial charge in [0.15, 0.2) is 5.96 Å². The molecule has 1 unspecified atom stereocenters. The topological polar surface area (TPSA) is 92.0 Å². The van der Waals surface area contributed by atoms with Crippen LogP contribution in [0.2, 0.25) is 0 Å². The molecule has 1 amide bonds. The summed E-state index contributed by atoms with van der Waals surface area (Å²) in [6.07, 6.45) is 2.75. The molecule has 29 heavy (non-hydrogen) atoms. The molecule has 164 valence electrons. The van der Waals surface area contributed by atoms with Gasteiger partial charge in [-0.3, -0.25) is 9.79 Å². The molecule has 0 spiro atoms. The number of carbonyl (C=O) groups excluding carboxylic acids is 1. The number of aliphatic imine (C=N–C) groups is 1. The van der Waals surface area contributed by atoms with E-state index in [1.807, 2.05) is 0 Å². The van der Waals surface area contributed by atoms with Gasteiger partial charge in [0.25, 0.3) is 0 Å². The van der Waals surface area contributed by atoms with Gasteiger partial charge in [0, 0.05) is 32.2 Å². The summed E-state index contributed by atoms with van der Waals surface area (Å²) in [5.41, 5.74) is 6.03. The second-order valence-electron chi connectivity index (χ2n) is 6.73. The van der Waals surface area contributed by atoms with Crippen LogP contribution in [0.5, 0.6) is 5.75 Å². The average Bonchev–Trinajstić information content (AvgIpc) is 2.68. The fraction of sp³-hybridized carbons (Fsp3) is 0.579. The van der Waals surface area contributed by atoms with E-state index in [-0.39, 0.29) is 41.6 Å². The molecule has 1 aliphatic rings. The van der Waals surface area contributed by atoms with E-state index < -0.39 is 6.61 Å². The summed E-state index contributed by atoms with van der Waals surface area (Å²) in [7, 11) is 1.65. The van der Waals surface area contributed by atoms with Crippen molar-refractivity contribution in [1.82, 2.24) is 15.5 Å². The van der Waals surface area contributed by atoms with E-state index >= 15 is 0 Å². The highest BCUT2D eigenvalue weighted by atomic mass is 127. The van der Waals surface area contributed by atoms with Crippen molar-refractivity contribution in [2.75, 3.05) is 33.2 Å². The molecule has 0 bridgehead atoms. The first kappa shape index (κ1) is 25.3. The van der Waals surface area contributed by atoms with Gasteiger partial charge in [0.05, 0.1) is 5.92 Å². The first-order valence-corrected chi connectivity index (χ1v) is 9.48. The number of carbonyl (C=O) groups is 1. The molecule has 1 saturated heterocycles. The smallest absolute Gasteiger partial charge is 0.387 e. The second kappa shape index (κ2) is 13.5. The van der Waals surface area contributed by atoms with Crippen LogP contribution in [0.1, 0.15) is 24.8 Å². The van der Waals surface area contributed by atoms with Gasteiger partial charge in [-0.2, -0.15) is 8.78 Å². The lowest BCUT2D eigenvalue weighted by Crippen LogP contribution is -2.42. The first-order chi connectivity index (χ1) is 13.5. The summed E-state index contributed by atoms with van der Waals surface area (Å²) in [6.45, 7) is 0.740. The Labute approximate surface area is 187 Å². The zero-order valence-corrected chi connectivity index (χ0v) is 18.9. The number of nitrogens with zero attached hydrogens (tertiary/aromatic N) is 2. The molecule has 4 N–H and O–H groups in total. The van der Waals surface area contributed by atoms with Gasteiger partial charge in [-0.1, -0.05) is 18.2 Å². The quantitative estimate of drug-likeness (QED) is 0.199. The number of nitrogens with one attached hydrogen (secondary N) is 2. The Morgan fingerprint density at radius 1 is 1.38 bits per heavy atom. The van der Waals surface area contributed by atoms with Gasteiger partial charge in [-0.05, 0) is 38.4 Å². The summed E-state index contributed by atoms with van der Waals surface area (Å²) in [6, 6.07) is 6.65. The van der Waals surface area contributed by atoms with E-state index in [4.69, 9.17) is 5.73 Å². The van der Waals surface area contributed by atoms with Crippen LogP contribution in [0.4, 0.5) is 8.78 Å². The zero-order chi connectivity index (χ0) is 20.4. The van der Waals surface area contributed by atoms with E-state index in [0.717, 1.165) is 38.9 Å². The van der Waals surface area contributed by atoms with Crippen LogP contribution in [0.25, 0.3) is 0 Å². The van der Waals surface area contributed by atoms with E-state index in [9.17, 15) is 13.6 Å². The van der Waals surface area contributed by atoms with Crippen LogP contribution in [0.3, 0.4) is 0 Å². The number of piperidine rings is 1. The number of nitrogens with two attached hydrogens (primary N) is 1. The Balaban J connectivity index is 0.00000420. The maximum atomic E-state index is 12.5. The van der Waals surface area contributed by atoms with Crippen LogP contribution in [0.15, 0.2) is 29.3 Å². The third-order valence-electron chi connectivity index (χ3n) is 4.71. The number of hydrogen-bond donors (Lipinski definition) is 3. The number of rotatable bonds is 9. The Hall–Kier alpha value is -1.69. The Bertz CT molecular complexity index is 663. The van der Waals surface area contributed by atoms with Crippen molar-refractivity contribution < 1.29 is 18.3 Å². The fourth-order valence-corrected chi connectivity index (χ4v) is 3.26. The third-order valence-corrected chi connectivity index (χ3v) is 4.71. The standard InChI is InChI=1S/C19H29F2N5O2.HI/c1-23-19(25-12-14-6-2-3-8-16(14)28-18(20)21)24-9-5-11-26-10-4-7-15(13-26)17(22)27;/h2-3,6,8,15,18H,4-5,7,9-13H2,1H3,(H2,22,27)(H2,23,24,25);1H. The molecule has 0 aliphatic carbocycles. The summed E-state index contributed by atoms with van der Waals surface area (Å²) in [5.74, 6) is 0.463. The molecular weight excluding hydrogens is 495 g/mol. The van der Waals surface area contributed by atoms with Gasteiger partial charge in [0.2, 0.25) is 5.91 Å². The maximum absolute atomic E-state index is 12.5. The van der Waals surface area contributed by atoms with Gasteiger partial charge < -0.3 is 26.0 Å². The minimum atomic E-state index is -2.86. The summed E-state index contributed by atoms with van der Waals surface area (Å²) in [4.78, 5) is 17.7. The first-order valence-electron chi connectivity index (χ1n) is 9.48. The third kappa shape index (κ3) is 9.11. The highest BCUT2D eigenvalue weighted by molar-refractivity contribution is 14.0. The fourth-order valence-electron chi connectivity index (χ4n) is 3.26. The van der Waals surface area contributed by atoms with Crippen LogP contribution in [-0.2, 0) is 11.3 Å². The lowest BCUT2D eigenvalue weighted by atomic mass is 9.97. The average molecular weight is 525 g/mol. The Morgan fingerprint density at radius 2 is 2.14 bits per heavy atom. The number of ether oxygens (including phenoxy) is 1. The summed E-state index contributed by atoms with van der Waals surface area (Å²) < 4.78 is 29.5. The van der Waals surface area contributed by atoms with Crippen molar-refractivity contribution in [2.24, 2.45) is 16.6 Å². The van der Waals surface area contributed by atoms with Crippen molar-refractivity contribution >= 4 is 35.8 Å². The number of para-hydroxylation sites is 1. The SMILES string of the molecule is CN=C(NCCCN1CCCC(C(N)=O)C1)NCc1ccccc1OC(F)F.I.